The Hall–Kier alpha value is -1.15. The van der Waals surface area contributed by atoms with Gasteiger partial charge >= 0.3 is 0 Å². The largest absolute Gasteiger partial charge is 0.388 e. The number of aliphatic hydroxyl groups is 1. The first-order valence-corrected chi connectivity index (χ1v) is 3.57. The van der Waals surface area contributed by atoms with Gasteiger partial charge in [0.2, 0.25) is 0 Å². The molecule has 0 heterocycles. The maximum Gasteiger partial charge on any atom is 0.150 e. The van der Waals surface area contributed by atoms with Gasteiger partial charge in [-0.2, -0.15) is 0 Å². The monoisotopic (exact) mass is 148 g/mol. The Morgan fingerprint density at radius 3 is 2.91 bits per heavy atom. The number of carbonyl (C=O) groups excluding carboxylic acids is 1. The number of aldehydes is 1. The number of aliphatic hydroxyl groups excluding tert-OH is 1. The van der Waals surface area contributed by atoms with E-state index in [9.17, 15) is 9.90 Å². The fourth-order valence-electron chi connectivity index (χ4n) is 1.39. The molecule has 1 unspecified atom stereocenters. The quantitative estimate of drug-likeness (QED) is 0.605. The predicted molar refractivity (Wildman–Crippen MR) is 40.5 cm³/mol. The maximum atomic E-state index is 10.3. The molecule has 0 saturated heterocycles. The van der Waals surface area contributed by atoms with Crippen molar-refractivity contribution in [1.82, 2.24) is 0 Å². The van der Waals surface area contributed by atoms with Crippen LogP contribution in [0.3, 0.4) is 0 Å². The molecule has 0 saturated carbocycles. The lowest BCUT2D eigenvalue weighted by molar-refractivity contribution is 0.112. The third-order valence-electron chi connectivity index (χ3n) is 2.08. The van der Waals surface area contributed by atoms with E-state index < -0.39 is 0 Å². The zero-order valence-electron chi connectivity index (χ0n) is 5.95. The molecule has 0 fully saturated rings. The average molecular weight is 148 g/mol. The van der Waals surface area contributed by atoms with Crippen LogP contribution in [-0.2, 0) is 6.42 Å². The van der Waals surface area contributed by atoms with E-state index in [0.717, 1.165) is 17.4 Å². The highest BCUT2D eigenvalue weighted by Gasteiger charge is 2.23. The van der Waals surface area contributed by atoms with Gasteiger partial charge in [0.25, 0.3) is 0 Å². The van der Waals surface area contributed by atoms with Gasteiger partial charge < -0.3 is 5.11 Å². The molecule has 2 nitrogen and oxygen atoms in total. The minimum absolute atomic E-state index is 0.300. The maximum absolute atomic E-state index is 10.3. The van der Waals surface area contributed by atoms with Crippen molar-refractivity contribution in [2.45, 2.75) is 12.5 Å². The second-order valence-electron chi connectivity index (χ2n) is 2.80. The zero-order chi connectivity index (χ0) is 7.84. The van der Waals surface area contributed by atoms with Crippen LogP contribution >= 0.6 is 0 Å². The summed E-state index contributed by atoms with van der Waals surface area (Å²) in [4.78, 5) is 10.3. The smallest absolute Gasteiger partial charge is 0.150 e. The van der Waals surface area contributed by atoms with Crippen LogP contribution in [0.1, 0.15) is 27.6 Å². The summed E-state index contributed by atoms with van der Waals surface area (Å²) in [5.74, 6) is 0. The average Bonchev–Trinajstić information content (AvgIpc) is 2.02. The van der Waals surface area contributed by atoms with Crippen molar-refractivity contribution in [3.05, 3.63) is 34.9 Å². The molecule has 0 radical (unpaired) electrons. The highest BCUT2D eigenvalue weighted by atomic mass is 16.3. The molecule has 1 atom stereocenters. The minimum atomic E-state index is -0.300. The molecular formula is C9H8O2. The summed E-state index contributed by atoms with van der Waals surface area (Å²) in [5, 5.41) is 9.18. The van der Waals surface area contributed by atoms with Gasteiger partial charge in [-0.3, -0.25) is 4.79 Å². The Bertz CT molecular complexity index is 304. The SMILES string of the molecule is O=Cc1ccc2c(c1)CC2O. The van der Waals surface area contributed by atoms with Gasteiger partial charge in [-0.25, -0.2) is 0 Å². The van der Waals surface area contributed by atoms with E-state index in [1.165, 1.54) is 0 Å². The van der Waals surface area contributed by atoms with E-state index in [1.54, 1.807) is 6.07 Å². The lowest BCUT2D eigenvalue weighted by atomic mass is 9.84. The molecule has 0 aromatic heterocycles. The van der Waals surface area contributed by atoms with Crippen molar-refractivity contribution in [2.75, 3.05) is 0 Å². The molecule has 1 aromatic carbocycles. The standard InChI is InChI=1S/C9H8O2/c10-5-6-1-2-8-7(3-6)4-9(8)11/h1-3,5,9,11H,4H2. The molecule has 2 rings (SSSR count). The van der Waals surface area contributed by atoms with E-state index in [1.807, 2.05) is 12.1 Å². The molecule has 0 bridgehead atoms. The van der Waals surface area contributed by atoms with Crippen LogP contribution in [0.4, 0.5) is 0 Å². The lowest BCUT2D eigenvalue weighted by Gasteiger charge is -2.25. The van der Waals surface area contributed by atoms with Gasteiger partial charge in [0.05, 0.1) is 6.10 Å². The van der Waals surface area contributed by atoms with E-state index in [-0.39, 0.29) is 6.10 Å². The third-order valence-corrected chi connectivity index (χ3v) is 2.08. The minimum Gasteiger partial charge on any atom is -0.388 e. The highest BCUT2D eigenvalue weighted by Crippen LogP contribution is 2.32. The topological polar surface area (TPSA) is 37.3 Å². The van der Waals surface area contributed by atoms with Crippen molar-refractivity contribution in [1.29, 1.82) is 0 Å². The van der Waals surface area contributed by atoms with Crippen LogP contribution in [0.5, 0.6) is 0 Å². The molecule has 56 valence electrons. The Morgan fingerprint density at radius 1 is 1.55 bits per heavy atom. The summed E-state index contributed by atoms with van der Waals surface area (Å²) >= 11 is 0. The van der Waals surface area contributed by atoms with Crippen LogP contribution in [0.2, 0.25) is 0 Å². The number of carbonyl (C=O) groups is 1. The summed E-state index contributed by atoms with van der Waals surface area (Å²) in [5.41, 5.74) is 2.76. The first-order valence-electron chi connectivity index (χ1n) is 3.57. The fraction of sp³-hybridized carbons (Fsp3) is 0.222. The van der Waals surface area contributed by atoms with Crippen molar-refractivity contribution >= 4 is 6.29 Å². The molecule has 1 aromatic rings. The molecule has 1 N–H and O–H groups in total. The summed E-state index contributed by atoms with van der Waals surface area (Å²) in [6.45, 7) is 0. The van der Waals surface area contributed by atoms with Crippen LogP contribution in [0.15, 0.2) is 18.2 Å². The van der Waals surface area contributed by atoms with Crippen LogP contribution in [0, 0.1) is 0 Å². The first kappa shape index (κ1) is 6.55. The normalized spacial score (nSPS) is 20.3. The number of hydrogen-bond donors (Lipinski definition) is 1. The van der Waals surface area contributed by atoms with E-state index in [2.05, 4.69) is 0 Å². The molecule has 2 heteroatoms. The molecule has 0 spiro atoms. The van der Waals surface area contributed by atoms with Gasteiger partial charge in [-0.05, 0) is 17.2 Å². The second-order valence-corrected chi connectivity index (χ2v) is 2.80. The zero-order valence-corrected chi connectivity index (χ0v) is 5.95. The molecular weight excluding hydrogens is 140 g/mol. The van der Waals surface area contributed by atoms with E-state index in [4.69, 9.17) is 0 Å². The van der Waals surface area contributed by atoms with Gasteiger partial charge in [-0.1, -0.05) is 12.1 Å². The van der Waals surface area contributed by atoms with E-state index >= 15 is 0 Å². The summed E-state index contributed by atoms with van der Waals surface area (Å²) in [7, 11) is 0. The van der Waals surface area contributed by atoms with Gasteiger partial charge in [-0.15, -0.1) is 0 Å². The van der Waals surface area contributed by atoms with Crippen LogP contribution in [-0.4, -0.2) is 11.4 Å². The molecule has 11 heavy (non-hydrogen) atoms. The van der Waals surface area contributed by atoms with Crippen molar-refractivity contribution in [2.24, 2.45) is 0 Å². The molecule has 1 aliphatic carbocycles. The molecule has 1 aliphatic rings. The number of rotatable bonds is 1. The molecule has 0 amide bonds. The van der Waals surface area contributed by atoms with Gasteiger partial charge in [0.15, 0.2) is 0 Å². The highest BCUT2D eigenvalue weighted by molar-refractivity contribution is 5.75. The molecule has 0 aliphatic heterocycles. The summed E-state index contributed by atoms with van der Waals surface area (Å²) < 4.78 is 0. The van der Waals surface area contributed by atoms with Crippen LogP contribution in [0.25, 0.3) is 0 Å². The Balaban J connectivity index is 2.45. The number of fused-ring (bicyclic) bond motifs is 1. The summed E-state index contributed by atoms with van der Waals surface area (Å²) in [6, 6.07) is 5.37. The van der Waals surface area contributed by atoms with Crippen molar-refractivity contribution in [3.8, 4) is 0 Å². The second kappa shape index (κ2) is 2.17. The van der Waals surface area contributed by atoms with Crippen molar-refractivity contribution in [3.63, 3.8) is 0 Å². The van der Waals surface area contributed by atoms with Crippen LogP contribution < -0.4 is 0 Å². The Kier molecular flexibility index (Phi) is 1.29. The fourth-order valence-corrected chi connectivity index (χ4v) is 1.39. The lowest BCUT2D eigenvalue weighted by Crippen LogP contribution is -2.16. The Morgan fingerprint density at radius 2 is 2.36 bits per heavy atom. The van der Waals surface area contributed by atoms with E-state index in [0.29, 0.717) is 12.0 Å². The third kappa shape index (κ3) is 0.870. The Labute approximate surface area is 64.5 Å². The number of benzene rings is 1. The number of hydrogen-bond acceptors (Lipinski definition) is 2. The van der Waals surface area contributed by atoms with Gasteiger partial charge in [0.1, 0.15) is 6.29 Å². The first-order chi connectivity index (χ1) is 5.31. The summed E-state index contributed by atoms with van der Waals surface area (Å²) in [6.07, 6.45) is 1.22. The van der Waals surface area contributed by atoms with Gasteiger partial charge in [0, 0.05) is 12.0 Å². The van der Waals surface area contributed by atoms with Crippen molar-refractivity contribution < 1.29 is 9.90 Å². The predicted octanol–water partition coefficient (Wildman–Crippen LogP) is 1.09.